The van der Waals surface area contributed by atoms with E-state index in [0.717, 1.165) is 16.7 Å². The minimum Gasteiger partial charge on any atom is -0.457 e. The van der Waals surface area contributed by atoms with E-state index in [2.05, 4.69) is 4.98 Å². The summed E-state index contributed by atoms with van der Waals surface area (Å²) in [5, 5.41) is 0.376. The van der Waals surface area contributed by atoms with E-state index in [1.807, 2.05) is 42.5 Å². The molecule has 114 valence electrons. The van der Waals surface area contributed by atoms with Gasteiger partial charge in [0.25, 0.3) is 0 Å². The van der Waals surface area contributed by atoms with Gasteiger partial charge in [0.1, 0.15) is 6.61 Å². The number of carbonyl (C=O) groups excluding carboxylic acids is 1. The molecule has 23 heavy (non-hydrogen) atoms. The van der Waals surface area contributed by atoms with Crippen molar-refractivity contribution in [3.05, 3.63) is 89.2 Å². The Hall–Kier alpha value is -2.65. The number of carbonyl (C=O) groups is 1. The van der Waals surface area contributed by atoms with Crippen molar-refractivity contribution >= 4 is 17.6 Å². The second-order valence-corrected chi connectivity index (χ2v) is 5.41. The number of hydrogen-bond donors (Lipinski definition) is 0. The van der Waals surface area contributed by atoms with Crippen LogP contribution in [0.15, 0.2) is 73.1 Å². The van der Waals surface area contributed by atoms with Crippen LogP contribution in [0, 0.1) is 0 Å². The quantitative estimate of drug-likeness (QED) is 0.650. The fourth-order valence-corrected chi connectivity index (χ4v) is 2.40. The second kappa shape index (κ2) is 7.07. The minimum absolute atomic E-state index is 0.165. The van der Waals surface area contributed by atoms with Crippen LogP contribution in [0.4, 0.5) is 0 Å². The first-order valence-corrected chi connectivity index (χ1v) is 7.53. The van der Waals surface area contributed by atoms with Crippen molar-refractivity contribution in [2.45, 2.75) is 6.61 Å². The highest BCUT2D eigenvalue weighted by Gasteiger charge is 2.13. The fourth-order valence-electron chi connectivity index (χ4n) is 2.20. The molecule has 0 saturated heterocycles. The molecule has 3 nitrogen and oxygen atoms in total. The first-order valence-electron chi connectivity index (χ1n) is 7.15. The lowest BCUT2D eigenvalue weighted by Gasteiger charge is -2.08. The number of halogens is 1. The van der Waals surface area contributed by atoms with Gasteiger partial charge < -0.3 is 4.74 Å². The summed E-state index contributed by atoms with van der Waals surface area (Å²) in [5.74, 6) is -0.448. The highest BCUT2D eigenvalue weighted by Crippen LogP contribution is 2.25. The molecule has 0 fully saturated rings. The van der Waals surface area contributed by atoms with E-state index in [9.17, 15) is 4.79 Å². The molecule has 2 aromatic carbocycles. The molecule has 0 radical (unpaired) electrons. The molecule has 0 unspecified atom stereocenters. The van der Waals surface area contributed by atoms with Crippen LogP contribution in [0.1, 0.15) is 15.9 Å². The lowest BCUT2D eigenvalue weighted by molar-refractivity contribution is 0.0472. The summed E-state index contributed by atoms with van der Waals surface area (Å²) >= 11 is 6.15. The zero-order valence-corrected chi connectivity index (χ0v) is 13.0. The van der Waals surface area contributed by atoms with Crippen LogP contribution < -0.4 is 0 Å². The molecule has 3 aromatic rings. The number of nitrogens with zero attached hydrogens (tertiary/aromatic N) is 1. The summed E-state index contributed by atoms with van der Waals surface area (Å²) in [6.07, 6.45) is 3.33. The van der Waals surface area contributed by atoms with Gasteiger partial charge in [-0.05, 0) is 29.3 Å². The zero-order valence-electron chi connectivity index (χ0n) is 12.3. The van der Waals surface area contributed by atoms with E-state index in [1.165, 1.54) is 0 Å². The topological polar surface area (TPSA) is 39.2 Å². The standard InChI is InChI=1S/C19H14ClNO2/c20-18-9-8-16(15-6-2-1-3-7-15)11-17(18)19(22)23-13-14-5-4-10-21-12-14/h1-12H,13H2. The third-order valence-corrected chi connectivity index (χ3v) is 3.72. The van der Waals surface area contributed by atoms with Crippen molar-refractivity contribution in [1.82, 2.24) is 4.98 Å². The molecule has 0 aliphatic heterocycles. The maximum Gasteiger partial charge on any atom is 0.340 e. The van der Waals surface area contributed by atoms with Gasteiger partial charge in [-0.2, -0.15) is 0 Å². The summed E-state index contributed by atoms with van der Waals surface area (Å²) in [5.41, 5.74) is 3.13. The van der Waals surface area contributed by atoms with Crippen molar-refractivity contribution in [3.63, 3.8) is 0 Å². The molecule has 0 bridgehead atoms. The van der Waals surface area contributed by atoms with Crippen molar-refractivity contribution in [2.75, 3.05) is 0 Å². The van der Waals surface area contributed by atoms with E-state index < -0.39 is 5.97 Å². The molecule has 0 aliphatic carbocycles. The number of benzene rings is 2. The molecule has 0 N–H and O–H groups in total. The summed E-state index contributed by atoms with van der Waals surface area (Å²) in [6, 6.07) is 18.8. The summed E-state index contributed by atoms with van der Waals surface area (Å²) in [4.78, 5) is 16.3. The van der Waals surface area contributed by atoms with Crippen LogP contribution in [0.5, 0.6) is 0 Å². The van der Waals surface area contributed by atoms with Crippen molar-refractivity contribution in [2.24, 2.45) is 0 Å². The number of aromatic nitrogens is 1. The molecule has 0 amide bonds. The molecule has 1 aromatic heterocycles. The van der Waals surface area contributed by atoms with E-state index >= 15 is 0 Å². The van der Waals surface area contributed by atoms with E-state index in [4.69, 9.17) is 16.3 Å². The molecular formula is C19H14ClNO2. The Balaban J connectivity index is 1.80. The van der Waals surface area contributed by atoms with Gasteiger partial charge in [-0.15, -0.1) is 0 Å². The minimum atomic E-state index is -0.448. The molecule has 0 saturated carbocycles. The number of ether oxygens (including phenoxy) is 1. The number of hydrogen-bond acceptors (Lipinski definition) is 3. The monoisotopic (exact) mass is 323 g/mol. The summed E-state index contributed by atoms with van der Waals surface area (Å²) < 4.78 is 5.32. The zero-order chi connectivity index (χ0) is 16.1. The van der Waals surface area contributed by atoms with Crippen LogP contribution >= 0.6 is 11.6 Å². The number of pyridine rings is 1. The molecule has 1 heterocycles. The van der Waals surface area contributed by atoms with Gasteiger partial charge in [-0.3, -0.25) is 4.98 Å². The predicted octanol–water partition coefficient (Wildman–Crippen LogP) is 4.76. The number of esters is 1. The van der Waals surface area contributed by atoms with Crippen LogP contribution in [0.25, 0.3) is 11.1 Å². The maximum absolute atomic E-state index is 12.3. The van der Waals surface area contributed by atoms with Crippen molar-refractivity contribution in [3.8, 4) is 11.1 Å². The SMILES string of the molecule is O=C(OCc1cccnc1)c1cc(-c2ccccc2)ccc1Cl. The lowest BCUT2D eigenvalue weighted by atomic mass is 10.0. The average Bonchev–Trinajstić information content (AvgIpc) is 2.62. The normalized spacial score (nSPS) is 10.3. The number of rotatable bonds is 4. The smallest absolute Gasteiger partial charge is 0.340 e. The average molecular weight is 324 g/mol. The van der Waals surface area contributed by atoms with Crippen LogP contribution in [0.2, 0.25) is 5.02 Å². The van der Waals surface area contributed by atoms with Gasteiger partial charge in [0.2, 0.25) is 0 Å². The van der Waals surface area contributed by atoms with E-state index in [-0.39, 0.29) is 6.61 Å². The molecule has 0 spiro atoms. The van der Waals surface area contributed by atoms with Gasteiger partial charge >= 0.3 is 5.97 Å². The van der Waals surface area contributed by atoms with Gasteiger partial charge in [0.05, 0.1) is 10.6 Å². The Morgan fingerprint density at radius 3 is 2.57 bits per heavy atom. The maximum atomic E-state index is 12.3. The van der Waals surface area contributed by atoms with Gasteiger partial charge in [-0.1, -0.05) is 54.1 Å². The molecule has 0 aliphatic rings. The highest BCUT2D eigenvalue weighted by molar-refractivity contribution is 6.33. The molecular weight excluding hydrogens is 310 g/mol. The Kier molecular flexibility index (Phi) is 4.69. The molecule has 3 rings (SSSR count). The summed E-state index contributed by atoms with van der Waals surface area (Å²) in [6.45, 7) is 0.165. The van der Waals surface area contributed by atoms with Crippen molar-refractivity contribution in [1.29, 1.82) is 0 Å². The Bertz CT molecular complexity index is 804. The fraction of sp³-hybridized carbons (Fsp3) is 0.0526. The molecule has 4 heteroatoms. The summed E-state index contributed by atoms with van der Waals surface area (Å²) in [7, 11) is 0. The second-order valence-electron chi connectivity index (χ2n) is 5.00. The van der Waals surface area contributed by atoms with Gasteiger partial charge in [-0.25, -0.2) is 4.79 Å². The van der Waals surface area contributed by atoms with E-state index in [0.29, 0.717) is 10.6 Å². The van der Waals surface area contributed by atoms with Gasteiger partial charge in [0.15, 0.2) is 0 Å². The van der Waals surface area contributed by atoms with Crippen LogP contribution in [-0.2, 0) is 11.3 Å². The largest absolute Gasteiger partial charge is 0.457 e. The van der Waals surface area contributed by atoms with Crippen LogP contribution in [0.3, 0.4) is 0 Å². The Morgan fingerprint density at radius 1 is 1.00 bits per heavy atom. The third-order valence-electron chi connectivity index (χ3n) is 3.39. The predicted molar refractivity (Wildman–Crippen MR) is 90.2 cm³/mol. The van der Waals surface area contributed by atoms with Crippen LogP contribution in [-0.4, -0.2) is 11.0 Å². The lowest BCUT2D eigenvalue weighted by Crippen LogP contribution is -2.06. The molecule has 0 atom stereocenters. The first kappa shape index (κ1) is 15.3. The highest BCUT2D eigenvalue weighted by atomic mass is 35.5. The van der Waals surface area contributed by atoms with E-state index in [1.54, 1.807) is 30.6 Å². The third kappa shape index (κ3) is 3.76. The van der Waals surface area contributed by atoms with Gasteiger partial charge in [0, 0.05) is 18.0 Å². The Morgan fingerprint density at radius 2 is 1.83 bits per heavy atom. The Labute approximate surface area is 139 Å². The van der Waals surface area contributed by atoms with Crippen molar-refractivity contribution < 1.29 is 9.53 Å². The first-order chi connectivity index (χ1) is 11.2.